The van der Waals surface area contributed by atoms with E-state index in [0.29, 0.717) is 12.5 Å². The fourth-order valence-electron chi connectivity index (χ4n) is 3.62. The highest BCUT2D eigenvalue weighted by Crippen LogP contribution is 2.36. The highest BCUT2D eigenvalue weighted by atomic mass is 35.5. The molecule has 5 heteroatoms. The van der Waals surface area contributed by atoms with Gasteiger partial charge in [-0.25, -0.2) is 4.98 Å². The maximum Gasteiger partial charge on any atom is 0.304 e. The van der Waals surface area contributed by atoms with Crippen LogP contribution in [0.25, 0.3) is 0 Å². The van der Waals surface area contributed by atoms with Crippen LogP contribution in [0.3, 0.4) is 0 Å². The Labute approximate surface area is 147 Å². The number of halogens is 1. The van der Waals surface area contributed by atoms with Crippen molar-refractivity contribution in [3.05, 3.63) is 52.1 Å². The zero-order valence-corrected chi connectivity index (χ0v) is 14.9. The molecule has 1 atom stereocenters. The summed E-state index contributed by atoms with van der Waals surface area (Å²) < 4.78 is 2.25. The largest absolute Gasteiger partial charge is 0.481 e. The van der Waals surface area contributed by atoms with Crippen molar-refractivity contribution in [1.29, 1.82) is 0 Å². The molecular formula is C19H23ClN2O2. The first kappa shape index (κ1) is 17.0. The molecule has 128 valence electrons. The topological polar surface area (TPSA) is 55.1 Å². The molecule has 1 aliphatic rings. The lowest BCUT2D eigenvalue weighted by molar-refractivity contribution is -0.137. The van der Waals surface area contributed by atoms with Crippen molar-refractivity contribution in [2.45, 2.75) is 57.9 Å². The first-order valence-electron chi connectivity index (χ1n) is 8.51. The van der Waals surface area contributed by atoms with Crippen molar-refractivity contribution in [3.8, 4) is 0 Å². The van der Waals surface area contributed by atoms with Gasteiger partial charge in [-0.2, -0.15) is 0 Å². The second kappa shape index (κ2) is 6.98. The van der Waals surface area contributed by atoms with Crippen LogP contribution in [0.1, 0.15) is 67.7 Å². The Kier molecular flexibility index (Phi) is 4.95. The number of hydrogen-bond donors (Lipinski definition) is 1. The van der Waals surface area contributed by atoms with E-state index < -0.39 is 5.97 Å². The molecule has 0 saturated carbocycles. The number of aliphatic carboxylic acids is 1. The molecule has 4 nitrogen and oxygen atoms in total. The normalized spacial score (nSPS) is 17.1. The molecule has 3 rings (SSSR count). The summed E-state index contributed by atoms with van der Waals surface area (Å²) in [4.78, 5) is 16.1. The molecule has 1 aromatic heterocycles. The third-order valence-electron chi connectivity index (χ3n) is 4.66. The van der Waals surface area contributed by atoms with Gasteiger partial charge in [-0.3, -0.25) is 4.79 Å². The number of carboxylic acid groups (broad SMARTS) is 1. The summed E-state index contributed by atoms with van der Waals surface area (Å²) in [6.45, 7) is 4.99. The van der Waals surface area contributed by atoms with Crippen LogP contribution in [-0.4, -0.2) is 20.6 Å². The smallest absolute Gasteiger partial charge is 0.304 e. The zero-order chi connectivity index (χ0) is 17.3. The minimum atomic E-state index is -0.738. The van der Waals surface area contributed by atoms with Crippen molar-refractivity contribution >= 4 is 17.6 Å². The fourth-order valence-corrected chi connectivity index (χ4v) is 3.74. The number of hydrogen-bond acceptors (Lipinski definition) is 2. The van der Waals surface area contributed by atoms with E-state index in [0.717, 1.165) is 47.1 Å². The van der Waals surface area contributed by atoms with Gasteiger partial charge < -0.3 is 9.67 Å². The molecule has 0 radical (unpaired) electrons. The van der Waals surface area contributed by atoms with E-state index in [9.17, 15) is 9.90 Å². The van der Waals surface area contributed by atoms with Gasteiger partial charge in [0, 0.05) is 29.1 Å². The summed E-state index contributed by atoms with van der Waals surface area (Å²) in [5, 5.41) is 10.00. The lowest BCUT2D eigenvalue weighted by Crippen LogP contribution is -2.18. The average molecular weight is 347 g/mol. The van der Waals surface area contributed by atoms with E-state index >= 15 is 0 Å². The third-order valence-corrected chi connectivity index (χ3v) is 4.91. The van der Waals surface area contributed by atoms with Crippen molar-refractivity contribution < 1.29 is 9.90 Å². The molecule has 0 saturated heterocycles. The molecule has 0 bridgehead atoms. The third kappa shape index (κ3) is 3.48. The quantitative estimate of drug-likeness (QED) is 0.860. The predicted octanol–water partition coefficient (Wildman–Crippen LogP) is 4.60. The Morgan fingerprint density at radius 1 is 1.38 bits per heavy atom. The van der Waals surface area contributed by atoms with Gasteiger partial charge in [0.05, 0.1) is 12.1 Å². The Balaban J connectivity index is 2.03. The maximum atomic E-state index is 11.3. The number of nitrogens with zero attached hydrogens (tertiary/aromatic N) is 2. The summed E-state index contributed by atoms with van der Waals surface area (Å²) in [6, 6.07) is 7.83. The molecule has 1 aliphatic carbocycles. The van der Waals surface area contributed by atoms with Crippen LogP contribution >= 0.6 is 11.6 Å². The molecule has 2 aromatic rings. The van der Waals surface area contributed by atoms with Crippen LogP contribution in [0.5, 0.6) is 0 Å². The first-order chi connectivity index (χ1) is 11.5. The molecule has 0 fully saturated rings. The average Bonchev–Trinajstić information content (AvgIpc) is 2.89. The predicted molar refractivity (Wildman–Crippen MR) is 94.8 cm³/mol. The maximum absolute atomic E-state index is 11.3. The van der Waals surface area contributed by atoms with Gasteiger partial charge in [-0.1, -0.05) is 37.6 Å². The van der Waals surface area contributed by atoms with E-state index in [1.165, 1.54) is 0 Å². The van der Waals surface area contributed by atoms with Gasteiger partial charge in [-0.05, 0) is 37.0 Å². The zero-order valence-electron chi connectivity index (χ0n) is 14.1. The molecule has 0 aliphatic heterocycles. The SMILES string of the molecule is CC(C)c1nc2c(n1Cc1ccc(Cl)cc1)C(CC(=O)O)CCC2. The summed E-state index contributed by atoms with van der Waals surface area (Å²) in [5.41, 5.74) is 3.37. The summed E-state index contributed by atoms with van der Waals surface area (Å²) in [6.07, 6.45) is 3.05. The van der Waals surface area contributed by atoms with Crippen LogP contribution < -0.4 is 0 Å². The molecule has 1 aromatic carbocycles. The van der Waals surface area contributed by atoms with Crippen LogP contribution in [0.2, 0.25) is 5.02 Å². The number of fused-ring (bicyclic) bond motifs is 1. The van der Waals surface area contributed by atoms with E-state index in [4.69, 9.17) is 16.6 Å². The minimum Gasteiger partial charge on any atom is -0.481 e. The van der Waals surface area contributed by atoms with Gasteiger partial charge >= 0.3 is 5.97 Å². The van der Waals surface area contributed by atoms with Crippen molar-refractivity contribution in [1.82, 2.24) is 9.55 Å². The molecule has 1 unspecified atom stereocenters. The Morgan fingerprint density at radius 3 is 2.71 bits per heavy atom. The van der Waals surface area contributed by atoms with Gasteiger partial charge in [0.1, 0.15) is 5.82 Å². The number of rotatable bonds is 5. The number of benzene rings is 1. The highest BCUT2D eigenvalue weighted by molar-refractivity contribution is 6.30. The van der Waals surface area contributed by atoms with E-state index in [-0.39, 0.29) is 12.3 Å². The van der Waals surface area contributed by atoms with Crippen LogP contribution in [0.4, 0.5) is 0 Å². The second-order valence-electron chi connectivity index (χ2n) is 6.86. The van der Waals surface area contributed by atoms with Crippen molar-refractivity contribution in [2.24, 2.45) is 0 Å². The lowest BCUT2D eigenvalue weighted by atomic mass is 9.87. The number of carboxylic acids is 1. The van der Waals surface area contributed by atoms with Crippen LogP contribution in [-0.2, 0) is 17.8 Å². The van der Waals surface area contributed by atoms with Gasteiger partial charge in [0.15, 0.2) is 0 Å². The number of carbonyl (C=O) groups is 1. The number of aryl methyl sites for hydroxylation is 1. The van der Waals surface area contributed by atoms with Crippen LogP contribution in [0, 0.1) is 0 Å². The van der Waals surface area contributed by atoms with Crippen molar-refractivity contribution in [2.75, 3.05) is 0 Å². The van der Waals surface area contributed by atoms with Crippen LogP contribution in [0.15, 0.2) is 24.3 Å². The summed E-state index contributed by atoms with van der Waals surface area (Å²) in [7, 11) is 0. The van der Waals surface area contributed by atoms with E-state index in [2.05, 4.69) is 18.4 Å². The number of imidazole rings is 1. The Bertz CT molecular complexity index is 735. The van der Waals surface area contributed by atoms with E-state index in [1.54, 1.807) is 0 Å². The second-order valence-corrected chi connectivity index (χ2v) is 7.29. The van der Waals surface area contributed by atoms with E-state index in [1.807, 2.05) is 24.3 Å². The molecular weight excluding hydrogens is 324 g/mol. The molecule has 24 heavy (non-hydrogen) atoms. The summed E-state index contributed by atoms with van der Waals surface area (Å²) in [5.74, 6) is 0.664. The first-order valence-corrected chi connectivity index (χ1v) is 8.89. The standard InChI is InChI=1S/C19H23ClN2O2/c1-12(2)19-21-16-5-3-4-14(10-17(23)24)18(16)22(19)11-13-6-8-15(20)9-7-13/h6-9,12,14H,3-5,10-11H2,1-2H3,(H,23,24). The summed E-state index contributed by atoms with van der Waals surface area (Å²) >= 11 is 5.99. The van der Waals surface area contributed by atoms with Gasteiger partial charge in [0.2, 0.25) is 0 Å². The fraction of sp³-hybridized carbons (Fsp3) is 0.474. The monoisotopic (exact) mass is 346 g/mol. The molecule has 1 heterocycles. The lowest BCUT2D eigenvalue weighted by Gasteiger charge is -2.24. The van der Waals surface area contributed by atoms with Crippen molar-refractivity contribution in [3.63, 3.8) is 0 Å². The highest BCUT2D eigenvalue weighted by Gasteiger charge is 2.30. The Morgan fingerprint density at radius 2 is 2.08 bits per heavy atom. The molecule has 0 amide bonds. The number of aromatic nitrogens is 2. The molecule has 0 spiro atoms. The van der Waals surface area contributed by atoms with Gasteiger partial charge in [0.25, 0.3) is 0 Å². The Hall–Kier alpha value is -1.81. The van der Waals surface area contributed by atoms with Gasteiger partial charge in [-0.15, -0.1) is 0 Å². The minimum absolute atomic E-state index is 0.0542. The molecule has 1 N–H and O–H groups in total.